The van der Waals surface area contributed by atoms with E-state index in [0.29, 0.717) is 18.4 Å². The zero-order chi connectivity index (χ0) is 13.8. The lowest BCUT2D eigenvalue weighted by Crippen LogP contribution is -2.40. The van der Waals surface area contributed by atoms with Gasteiger partial charge in [0.15, 0.2) is 0 Å². The Morgan fingerprint density at radius 1 is 1.33 bits per heavy atom. The highest BCUT2D eigenvalue weighted by Crippen LogP contribution is 2.31. The van der Waals surface area contributed by atoms with E-state index in [0.717, 1.165) is 19.3 Å². The van der Waals surface area contributed by atoms with Crippen LogP contribution in [-0.4, -0.2) is 16.1 Å². The molecule has 2 N–H and O–H groups in total. The van der Waals surface area contributed by atoms with Gasteiger partial charge in [0.2, 0.25) is 0 Å². The van der Waals surface area contributed by atoms with Crippen LogP contribution in [0.3, 0.4) is 0 Å². The maximum absolute atomic E-state index is 6.05. The summed E-state index contributed by atoms with van der Waals surface area (Å²) in [6.07, 6.45) is 7.39. The molecule has 0 fully saturated rings. The number of hydrogen-bond acceptors (Lipinski definition) is 2. The Kier molecular flexibility index (Phi) is 5.39. The summed E-state index contributed by atoms with van der Waals surface area (Å²) in [6.45, 7) is 11.9. The van der Waals surface area contributed by atoms with Crippen LogP contribution in [-0.2, 0) is 5.54 Å². The minimum absolute atomic E-state index is 0.0113. The van der Waals surface area contributed by atoms with E-state index >= 15 is 0 Å². The molecule has 0 bridgehead atoms. The van der Waals surface area contributed by atoms with Crippen molar-refractivity contribution in [2.45, 2.75) is 65.3 Å². The zero-order valence-electron chi connectivity index (χ0n) is 12.6. The standard InChI is InChI=1S/C15H29N3/c1-6-13(7-2)14-9-17-11-18(14)15(5,10-16)8-12(3)4/h9,11-13H,6-8,10,16H2,1-5H3. The van der Waals surface area contributed by atoms with E-state index in [4.69, 9.17) is 5.73 Å². The van der Waals surface area contributed by atoms with Gasteiger partial charge in [-0.25, -0.2) is 4.98 Å². The van der Waals surface area contributed by atoms with E-state index in [9.17, 15) is 0 Å². The number of imidazole rings is 1. The molecule has 1 heterocycles. The predicted molar refractivity (Wildman–Crippen MR) is 77.7 cm³/mol. The maximum atomic E-state index is 6.05. The van der Waals surface area contributed by atoms with Gasteiger partial charge in [-0.2, -0.15) is 0 Å². The summed E-state index contributed by atoms with van der Waals surface area (Å²) in [4.78, 5) is 4.37. The fourth-order valence-electron chi connectivity index (χ4n) is 2.92. The number of hydrogen-bond donors (Lipinski definition) is 1. The minimum atomic E-state index is -0.0113. The van der Waals surface area contributed by atoms with Crippen molar-refractivity contribution in [2.24, 2.45) is 11.7 Å². The molecular weight excluding hydrogens is 222 g/mol. The first-order chi connectivity index (χ1) is 8.48. The first-order valence-corrected chi connectivity index (χ1v) is 7.21. The van der Waals surface area contributed by atoms with Crippen LogP contribution in [0.4, 0.5) is 0 Å². The summed E-state index contributed by atoms with van der Waals surface area (Å²) >= 11 is 0. The van der Waals surface area contributed by atoms with E-state index in [2.05, 4.69) is 44.2 Å². The van der Waals surface area contributed by atoms with E-state index < -0.39 is 0 Å². The lowest BCUT2D eigenvalue weighted by molar-refractivity contribution is 0.254. The van der Waals surface area contributed by atoms with Crippen LogP contribution >= 0.6 is 0 Å². The normalized spacial score (nSPS) is 15.3. The van der Waals surface area contributed by atoms with E-state index in [1.54, 1.807) is 0 Å². The Morgan fingerprint density at radius 3 is 2.39 bits per heavy atom. The molecule has 0 amide bonds. The van der Waals surface area contributed by atoms with Crippen molar-refractivity contribution in [3.05, 3.63) is 18.2 Å². The number of aromatic nitrogens is 2. The molecule has 3 heteroatoms. The third kappa shape index (κ3) is 3.14. The summed E-state index contributed by atoms with van der Waals surface area (Å²) in [5.74, 6) is 1.22. The van der Waals surface area contributed by atoms with Gasteiger partial charge in [-0.1, -0.05) is 27.7 Å². The second-order valence-electron chi connectivity index (χ2n) is 6.00. The number of nitrogens with two attached hydrogens (primary N) is 1. The van der Waals surface area contributed by atoms with Gasteiger partial charge in [-0.15, -0.1) is 0 Å². The summed E-state index contributed by atoms with van der Waals surface area (Å²) in [6, 6.07) is 0. The predicted octanol–water partition coefficient (Wildman–Crippen LogP) is 3.51. The van der Waals surface area contributed by atoms with Gasteiger partial charge in [-0.05, 0) is 32.1 Å². The van der Waals surface area contributed by atoms with Crippen LogP contribution in [0.15, 0.2) is 12.5 Å². The van der Waals surface area contributed by atoms with Gasteiger partial charge < -0.3 is 10.3 Å². The average Bonchev–Trinajstić information content (AvgIpc) is 2.79. The molecule has 3 nitrogen and oxygen atoms in total. The van der Waals surface area contributed by atoms with E-state index in [1.165, 1.54) is 5.69 Å². The minimum Gasteiger partial charge on any atom is -0.328 e. The van der Waals surface area contributed by atoms with Gasteiger partial charge >= 0.3 is 0 Å². The molecule has 0 radical (unpaired) electrons. The van der Waals surface area contributed by atoms with Crippen molar-refractivity contribution < 1.29 is 0 Å². The van der Waals surface area contributed by atoms with Crippen molar-refractivity contribution in [1.29, 1.82) is 0 Å². The SMILES string of the molecule is CCC(CC)c1cncn1C(C)(CN)CC(C)C. The maximum Gasteiger partial charge on any atom is 0.0953 e. The van der Waals surface area contributed by atoms with Crippen LogP contribution in [0.25, 0.3) is 0 Å². The summed E-state index contributed by atoms with van der Waals surface area (Å²) < 4.78 is 2.32. The van der Waals surface area contributed by atoms with Crippen LogP contribution in [0, 0.1) is 5.92 Å². The molecule has 1 atom stereocenters. The Balaban J connectivity index is 3.10. The largest absolute Gasteiger partial charge is 0.328 e. The topological polar surface area (TPSA) is 43.8 Å². The molecule has 1 rings (SSSR count). The highest BCUT2D eigenvalue weighted by atomic mass is 15.1. The van der Waals surface area contributed by atoms with Gasteiger partial charge in [0.1, 0.15) is 0 Å². The molecular formula is C15H29N3. The lowest BCUT2D eigenvalue weighted by Gasteiger charge is -2.34. The highest BCUT2D eigenvalue weighted by molar-refractivity contribution is 5.10. The third-order valence-corrected chi connectivity index (χ3v) is 3.94. The molecule has 1 aromatic heterocycles. The summed E-state index contributed by atoms with van der Waals surface area (Å²) in [5.41, 5.74) is 7.38. The molecule has 1 aromatic rings. The molecule has 18 heavy (non-hydrogen) atoms. The molecule has 0 spiro atoms. The second-order valence-corrected chi connectivity index (χ2v) is 6.00. The molecule has 0 aliphatic heterocycles. The Labute approximate surface area is 112 Å². The quantitative estimate of drug-likeness (QED) is 0.806. The summed E-state index contributed by atoms with van der Waals surface area (Å²) in [5, 5.41) is 0. The molecule has 0 saturated heterocycles. The molecule has 1 unspecified atom stereocenters. The van der Waals surface area contributed by atoms with Crippen LogP contribution in [0.2, 0.25) is 0 Å². The molecule has 104 valence electrons. The molecule has 0 aromatic carbocycles. The second kappa shape index (κ2) is 6.37. The fourth-order valence-corrected chi connectivity index (χ4v) is 2.92. The molecule has 0 aliphatic rings. The Hall–Kier alpha value is -0.830. The first kappa shape index (κ1) is 15.2. The van der Waals surface area contributed by atoms with Crippen LogP contribution in [0.5, 0.6) is 0 Å². The van der Waals surface area contributed by atoms with Gasteiger partial charge in [0, 0.05) is 24.4 Å². The van der Waals surface area contributed by atoms with Crippen LogP contribution in [0.1, 0.15) is 65.5 Å². The lowest BCUT2D eigenvalue weighted by atomic mass is 9.89. The van der Waals surface area contributed by atoms with Gasteiger partial charge in [0.05, 0.1) is 11.9 Å². The monoisotopic (exact) mass is 251 g/mol. The van der Waals surface area contributed by atoms with Crippen molar-refractivity contribution in [3.63, 3.8) is 0 Å². The first-order valence-electron chi connectivity index (χ1n) is 7.21. The average molecular weight is 251 g/mol. The van der Waals surface area contributed by atoms with E-state index in [-0.39, 0.29) is 5.54 Å². The fraction of sp³-hybridized carbons (Fsp3) is 0.800. The Bertz CT molecular complexity index is 352. The zero-order valence-corrected chi connectivity index (χ0v) is 12.6. The molecule has 0 aliphatic carbocycles. The Morgan fingerprint density at radius 2 is 1.94 bits per heavy atom. The van der Waals surface area contributed by atoms with E-state index in [1.807, 2.05) is 12.5 Å². The highest BCUT2D eigenvalue weighted by Gasteiger charge is 2.29. The van der Waals surface area contributed by atoms with Crippen molar-refractivity contribution in [1.82, 2.24) is 9.55 Å². The third-order valence-electron chi connectivity index (χ3n) is 3.94. The molecule has 0 saturated carbocycles. The number of nitrogens with zero attached hydrogens (tertiary/aromatic N) is 2. The van der Waals surface area contributed by atoms with Crippen molar-refractivity contribution >= 4 is 0 Å². The number of rotatable bonds is 7. The summed E-state index contributed by atoms with van der Waals surface area (Å²) in [7, 11) is 0. The van der Waals surface area contributed by atoms with Gasteiger partial charge in [-0.3, -0.25) is 0 Å². The van der Waals surface area contributed by atoms with Crippen molar-refractivity contribution in [3.8, 4) is 0 Å². The smallest absolute Gasteiger partial charge is 0.0953 e. The van der Waals surface area contributed by atoms with Crippen LogP contribution < -0.4 is 5.73 Å². The van der Waals surface area contributed by atoms with Gasteiger partial charge in [0.25, 0.3) is 0 Å². The van der Waals surface area contributed by atoms with Crippen molar-refractivity contribution in [2.75, 3.05) is 6.54 Å².